The number of nitrogens with zero attached hydrogens (tertiary/aromatic N) is 4. The molecule has 0 aliphatic carbocycles. The standard InChI is InChI=1S/C10H10N4O2/c1-16-10(15)5-8-7-14(13-12-8)9-3-2-4-11-6-9/h2-4,6-7H,5H2,1H3. The molecule has 6 nitrogen and oxygen atoms in total. The van der Waals surface area contributed by atoms with Crippen molar-refractivity contribution < 1.29 is 9.53 Å². The highest BCUT2D eigenvalue weighted by molar-refractivity contribution is 5.71. The molecule has 0 atom stereocenters. The first kappa shape index (κ1) is 10.3. The van der Waals surface area contributed by atoms with Crippen molar-refractivity contribution in [2.45, 2.75) is 6.42 Å². The van der Waals surface area contributed by atoms with Gasteiger partial charge >= 0.3 is 5.97 Å². The van der Waals surface area contributed by atoms with Crippen molar-refractivity contribution >= 4 is 5.97 Å². The van der Waals surface area contributed by atoms with E-state index >= 15 is 0 Å². The summed E-state index contributed by atoms with van der Waals surface area (Å²) < 4.78 is 6.10. The highest BCUT2D eigenvalue weighted by atomic mass is 16.5. The largest absolute Gasteiger partial charge is 0.469 e. The van der Waals surface area contributed by atoms with E-state index in [4.69, 9.17) is 0 Å². The predicted octanol–water partition coefficient (Wildman–Crippen LogP) is 0.378. The maximum Gasteiger partial charge on any atom is 0.311 e. The molecule has 6 heteroatoms. The van der Waals surface area contributed by atoms with E-state index in [9.17, 15) is 4.79 Å². The molecule has 0 saturated carbocycles. The van der Waals surface area contributed by atoms with Gasteiger partial charge in [0.1, 0.15) is 0 Å². The van der Waals surface area contributed by atoms with Gasteiger partial charge in [-0.25, -0.2) is 4.68 Å². The van der Waals surface area contributed by atoms with Crippen LogP contribution in [0.25, 0.3) is 5.69 Å². The second kappa shape index (κ2) is 4.52. The molecular formula is C10H10N4O2. The van der Waals surface area contributed by atoms with E-state index in [0.29, 0.717) is 5.69 Å². The molecule has 2 heterocycles. The fourth-order valence-electron chi connectivity index (χ4n) is 1.21. The molecule has 0 bridgehead atoms. The second-order valence-corrected chi connectivity index (χ2v) is 3.12. The third-order valence-corrected chi connectivity index (χ3v) is 2.00. The number of aromatic nitrogens is 4. The Morgan fingerprint density at radius 3 is 3.12 bits per heavy atom. The van der Waals surface area contributed by atoms with Crippen LogP contribution in [0.15, 0.2) is 30.7 Å². The van der Waals surface area contributed by atoms with Crippen molar-refractivity contribution in [3.8, 4) is 5.69 Å². The van der Waals surface area contributed by atoms with Crippen molar-refractivity contribution in [2.75, 3.05) is 7.11 Å². The van der Waals surface area contributed by atoms with Crippen LogP contribution in [0.2, 0.25) is 0 Å². The van der Waals surface area contributed by atoms with Gasteiger partial charge in [-0.1, -0.05) is 5.21 Å². The summed E-state index contributed by atoms with van der Waals surface area (Å²) in [5, 5.41) is 7.76. The fourth-order valence-corrected chi connectivity index (χ4v) is 1.21. The minimum absolute atomic E-state index is 0.122. The van der Waals surface area contributed by atoms with E-state index in [1.807, 2.05) is 6.07 Å². The van der Waals surface area contributed by atoms with E-state index in [1.165, 1.54) is 7.11 Å². The lowest BCUT2D eigenvalue weighted by Gasteiger charge is -1.96. The molecule has 2 aromatic rings. The van der Waals surface area contributed by atoms with Gasteiger partial charge < -0.3 is 4.74 Å². The Labute approximate surface area is 91.9 Å². The van der Waals surface area contributed by atoms with Gasteiger partial charge in [-0.05, 0) is 12.1 Å². The van der Waals surface area contributed by atoms with Crippen molar-refractivity contribution in [3.63, 3.8) is 0 Å². The summed E-state index contributed by atoms with van der Waals surface area (Å²) in [5.41, 5.74) is 1.36. The van der Waals surface area contributed by atoms with Crippen LogP contribution < -0.4 is 0 Å². The molecule has 0 unspecified atom stereocenters. The maximum atomic E-state index is 11.0. The quantitative estimate of drug-likeness (QED) is 0.696. The van der Waals surface area contributed by atoms with Crippen LogP contribution in [0.1, 0.15) is 5.69 Å². The van der Waals surface area contributed by atoms with Crippen molar-refractivity contribution in [3.05, 3.63) is 36.4 Å². The van der Waals surface area contributed by atoms with Crippen LogP contribution in [0.3, 0.4) is 0 Å². The molecule has 0 aromatic carbocycles. The van der Waals surface area contributed by atoms with E-state index in [1.54, 1.807) is 29.3 Å². The zero-order valence-corrected chi connectivity index (χ0v) is 8.70. The van der Waals surface area contributed by atoms with Gasteiger partial charge in [-0.3, -0.25) is 9.78 Å². The summed E-state index contributed by atoms with van der Waals surface area (Å²) in [6.07, 6.45) is 5.14. The maximum absolute atomic E-state index is 11.0. The summed E-state index contributed by atoms with van der Waals surface area (Å²) in [4.78, 5) is 15.0. The first-order valence-corrected chi connectivity index (χ1v) is 4.68. The number of hydrogen-bond acceptors (Lipinski definition) is 5. The summed E-state index contributed by atoms with van der Waals surface area (Å²) in [6, 6.07) is 3.65. The van der Waals surface area contributed by atoms with Gasteiger partial charge in [0.05, 0.1) is 37.3 Å². The van der Waals surface area contributed by atoms with E-state index < -0.39 is 0 Å². The van der Waals surface area contributed by atoms with Gasteiger partial charge in [-0.2, -0.15) is 0 Å². The summed E-state index contributed by atoms with van der Waals surface area (Å²) in [5.74, 6) is -0.335. The molecule has 0 aliphatic rings. The number of pyridine rings is 1. The Balaban J connectivity index is 2.17. The summed E-state index contributed by atoms with van der Waals surface area (Å²) in [7, 11) is 1.34. The van der Waals surface area contributed by atoms with Crippen LogP contribution in [0.4, 0.5) is 0 Å². The summed E-state index contributed by atoms with van der Waals surface area (Å²) in [6.45, 7) is 0. The van der Waals surface area contributed by atoms with Crippen molar-refractivity contribution in [1.29, 1.82) is 0 Å². The van der Waals surface area contributed by atoms with E-state index in [-0.39, 0.29) is 12.4 Å². The van der Waals surface area contributed by atoms with Crippen molar-refractivity contribution in [2.24, 2.45) is 0 Å². The second-order valence-electron chi connectivity index (χ2n) is 3.12. The Bertz CT molecular complexity index is 481. The third-order valence-electron chi connectivity index (χ3n) is 2.00. The lowest BCUT2D eigenvalue weighted by molar-refractivity contribution is -0.139. The normalized spacial score (nSPS) is 10.1. The zero-order valence-electron chi connectivity index (χ0n) is 8.70. The van der Waals surface area contributed by atoms with Gasteiger partial charge in [0.2, 0.25) is 0 Å². The molecule has 0 aliphatic heterocycles. The van der Waals surface area contributed by atoms with Gasteiger partial charge in [-0.15, -0.1) is 5.10 Å². The Kier molecular flexibility index (Phi) is 2.90. The lowest BCUT2D eigenvalue weighted by atomic mass is 10.3. The van der Waals surface area contributed by atoms with Crippen LogP contribution >= 0.6 is 0 Å². The van der Waals surface area contributed by atoms with Crippen LogP contribution in [-0.4, -0.2) is 33.1 Å². The fraction of sp³-hybridized carbons (Fsp3) is 0.200. The van der Waals surface area contributed by atoms with Crippen LogP contribution in [0, 0.1) is 0 Å². The average Bonchev–Trinajstić information content (AvgIpc) is 2.78. The number of ether oxygens (including phenoxy) is 1. The molecular weight excluding hydrogens is 208 g/mol. The number of esters is 1. The number of rotatable bonds is 3. The molecule has 0 saturated heterocycles. The zero-order chi connectivity index (χ0) is 11.4. The molecule has 2 aromatic heterocycles. The number of carbonyl (C=O) groups excluding carboxylic acids is 1. The molecule has 2 rings (SSSR count). The van der Waals surface area contributed by atoms with Crippen LogP contribution in [-0.2, 0) is 16.0 Å². The lowest BCUT2D eigenvalue weighted by Crippen LogP contribution is -2.04. The number of hydrogen-bond donors (Lipinski definition) is 0. The SMILES string of the molecule is COC(=O)Cc1cn(-c2cccnc2)nn1. The smallest absolute Gasteiger partial charge is 0.311 e. The molecule has 0 radical (unpaired) electrons. The minimum Gasteiger partial charge on any atom is -0.469 e. The first-order chi connectivity index (χ1) is 7.79. The molecule has 0 fully saturated rings. The van der Waals surface area contributed by atoms with Gasteiger partial charge in [0.25, 0.3) is 0 Å². The van der Waals surface area contributed by atoms with E-state index in [0.717, 1.165) is 5.69 Å². The highest BCUT2D eigenvalue weighted by Gasteiger charge is 2.07. The van der Waals surface area contributed by atoms with Gasteiger partial charge in [0.15, 0.2) is 0 Å². The number of methoxy groups -OCH3 is 1. The Morgan fingerprint density at radius 1 is 1.56 bits per heavy atom. The molecule has 16 heavy (non-hydrogen) atoms. The highest BCUT2D eigenvalue weighted by Crippen LogP contribution is 2.04. The van der Waals surface area contributed by atoms with Crippen LogP contribution in [0.5, 0.6) is 0 Å². The van der Waals surface area contributed by atoms with Gasteiger partial charge in [0, 0.05) is 6.20 Å². The Hall–Kier alpha value is -2.24. The monoisotopic (exact) mass is 218 g/mol. The van der Waals surface area contributed by atoms with E-state index in [2.05, 4.69) is 20.0 Å². The molecule has 0 spiro atoms. The summed E-state index contributed by atoms with van der Waals surface area (Å²) >= 11 is 0. The topological polar surface area (TPSA) is 69.9 Å². The van der Waals surface area contributed by atoms with Crippen molar-refractivity contribution in [1.82, 2.24) is 20.0 Å². The average molecular weight is 218 g/mol. The molecule has 0 N–H and O–H groups in total. The molecule has 0 amide bonds. The Morgan fingerprint density at radius 2 is 2.44 bits per heavy atom. The minimum atomic E-state index is -0.335. The number of carbonyl (C=O) groups is 1. The third kappa shape index (κ3) is 2.22. The predicted molar refractivity (Wildman–Crippen MR) is 54.9 cm³/mol. The first-order valence-electron chi connectivity index (χ1n) is 4.68. The molecule has 82 valence electrons.